The highest BCUT2D eigenvalue weighted by Gasteiger charge is 2.30. The standard InChI is InChI=1S/C13H19BrN2O3S2/c1-19-12-6-10(14)11(15)7-13(12)21(17,18)16-8-3-4-9(5-8)20-2/h6-9,16H,3-5,15H2,1-2H3. The van der Waals surface area contributed by atoms with Gasteiger partial charge in [0.15, 0.2) is 0 Å². The molecule has 1 saturated carbocycles. The van der Waals surface area contributed by atoms with Gasteiger partial charge in [0.05, 0.1) is 7.11 Å². The summed E-state index contributed by atoms with van der Waals surface area (Å²) >= 11 is 5.05. The Morgan fingerprint density at radius 2 is 2.14 bits per heavy atom. The van der Waals surface area contributed by atoms with E-state index in [1.165, 1.54) is 13.2 Å². The first kappa shape index (κ1) is 16.9. The van der Waals surface area contributed by atoms with E-state index in [0.29, 0.717) is 15.4 Å². The van der Waals surface area contributed by atoms with E-state index in [-0.39, 0.29) is 16.7 Å². The van der Waals surface area contributed by atoms with Crippen LogP contribution in [0, 0.1) is 0 Å². The Morgan fingerprint density at radius 1 is 1.43 bits per heavy atom. The van der Waals surface area contributed by atoms with Gasteiger partial charge in [0, 0.05) is 21.5 Å². The van der Waals surface area contributed by atoms with Crippen molar-refractivity contribution in [2.24, 2.45) is 0 Å². The van der Waals surface area contributed by atoms with Crippen LogP contribution >= 0.6 is 27.7 Å². The maximum Gasteiger partial charge on any atom is 0.244 e. The number of rotatable bonds is 5. The van der Waals surface area contributed by atoms with Gasteiger partial charge in [-0.1, -0.05) is 0 Å². The molecule has 1 aromatic rings. The van der Waals surface area contributed by atoms with Crippen LogP contribution in [0.4, 0.5) is 5.69 Å². The molecule has 2 unspecified atom stereocenters. The van der Waals surface area contributed by atoms with Crippen LogP contribution in [-0.4, -0.2) is 33.1 Å². The van der Waals surface area contributed by atoms with Crippen LogP contribution in [0.5, 0.6) is 5.75 Å². The van der Waals surface area contributed by atoms with Crippen LogP contribution in [0.3, 0.4) is 0 Å². The molecule has 5 nitrogen and oxygen atoms in total. The van der Waals surface area contributed by atoms with E-state index in [0.717, 1.165) is 19.3 Å². The number of hydrogen-bond donors (Lipinski definition) is 2. The highest BCUT2D eigenvalue weighted by molar-refractivity contribution is 9.10. The largest absolute Gasteiger partial charge is 0.495 e. The van der Waals surface area contributed by atoms with Gasteiger partial charge in [-0.3, -0.25) is 0 Å². The minimum Gasteiger partial charge on any atom is -0.495 e. The summed E-state index contributed by atoms with van der Waals surface area (Å²) in [5.41, 5.74) is 6.16. The normalized spacial score (nSPS) is 22.4. The Labute approximate surface area is 138 Å². The van der Waals surface area contributed by atoms with Gasteiger partial charge in [0.1, 0.15) is 10.6 Å². The zero-order chi connectivity index (χ0) is 15.6. The molecule has 0 bridgehead atoms. The number of benzene rings is 1. The molecule has 0 radical (unpaired) electrons. The molecule has 0 amide bonds. The summed E-state index contributed by atoms with van der Waals surface area (Å²) < 4.78 is 33.7. The molecule has 2 rings (SSSR count). The second-order valence-corrected chi connectivity index (χ2v) is 8.69. The lowest BCUT2D eigenvalue weighted by Gasteiger charge is -2.16. The molecule has 0 heterocycles. The molecule has 21 heavy (non-hydrogen) atoms. The van der Waals surface area contributed by atoms with Gasteiger partial charge in [-0.15, -0.1) is 0 Å². The van der Waals surface area contributed by atoms with Crippen molar-refractivity contribution in [3.63, 3.8) is 0 Å². The summed E-state index contributed by atoms with van der Waals surface area (Å²) in [4.78, 5) is 0.0818. The lowest BCUT2D eigenvalue weighted by atomic mass is 10.3. The Morgan fingerprint density at radius 3 is 2.71 bits per heavy atom. The monoisotopic (exact) mass is 394 g/mol. The van der Waals surface area contributed by atoms with E-state index in [2.05, 4.69) is 26.9 Å². The highest BCUT2D eigenvalue weighted by Crippen LogP contribution is 2.34. The van der Waals surface area contributed by atoms with Gasteiger partial charge in [-0.25, -0.2) is 13.1 Å². The minimum absolute atomic E-state index is 0.0259. The van der Waals surface area contributed by atoms with Crippen molar-refractivity contribution in [2.75, 3.05) is 19.1 Å². The van der Waals surface area contributed by atoms with Crippen molar-refractivity contribution in [1.82, 2.24) is 4.72 Å². The average Bonchev–Trinajstić information content (AvgIpc) is 2.88. The molecule has 0 aromatic heterocycles. The molecule has 3 N–H and O–H groups in total. The molecule has 1 aromatic carbocycles. The number of nitrogens with one attached hydrogen (secondary N) is 1. The molecular weight excluding hydrogens is 376 g/mol. The summed E-state index contributed by atoms with van der Waals surface area (Å²) in [7, 11) is -2.20. The third-order valence-corrected chi connectivity index (χ3v) is 6.94. The molecule has 1 fully saturated rings. The Balaban J connectivity index is 2.26. The number of sulfonamides is 1. The Bertz CT molecular complexity index is 622. The van der Waals surface area contributed by atoms with E-state index in [4.69, 9.17) is 10.5 Å². The SMILES string of the molecule is COc1cc(Br)c(N)cc1S(=O)(=O)NC1CCC(SC)C1. The Kier molecular flexibility index (Phi) is 5.45. The summed E-state index contributed by atoms with van der Waals surface area (Å²) in [6.45, 7) is 0. The summed E-state index contributed by atoms with van der Waals surface area (Å²) in [5.74, 6) is 0.281. The summed E-state index contributed by atoms with van der Waals surface area (Å²) in [6, 6.07) is 2.97. The topological polar surface area (TPSA) is 81.4 Å². The van der Waals surface area contributed by atoms with E-state index < -0.39 is 10.0 Å². The lowest BCUT2D eigenvalue weighted by molar-refractivity contribution is 0.402. The number of nitrogen functional groups attached to an aromatic ring is 1. The fraction of sp³-hybridized carbons (Fsp3) is 0.538. The molecule has 2 atom stereocenters. The third kappa shape index (κ3) is 3.85. The second-order valence-electron chi connectivity index (χ2n) is 5.01. The van der Waals surface area contributed by atoms with Crippen molar-refractivity contribution < 1.29 is 13.2 Å². The second kappa shape index (κ2) is 6.76. The van der Waals surface area contributed by atoms with Crippen molar-refractivity contribution in [1.29, 1.82) is 0 Å². The van der Waals surface area contributed by atoms with Crippen molar-refractivity contribution in [3.05, 3.63) is 16.6 Å². The number of thioether (sulfide) groups is 1. The zero-order valence-electron chi connectivity index (χ0n) is 11.9. The first-order valence-electron chi connectivity index (χ1n) is 6.55. The molecule has 0 saturated heterocycles. The lowest BCUT2D eigenvalue weighted by Crippen LogP contribution is -2.33. The molecule has 8 heteroatoms. The third-order valence-electron chi connectivity index (χ3n) is 3.61. The van der Waals surface area contributed by atoms with Crippen LogP contribution < -0.4 is 15.2 Å². The van der Waals surface area contributed by atoms with Gasteiger partial charge in [-0.2, -0.15) is 11.8 Å². The van der Waals surface area contributed by atoms with E-state index in [1.807, 2.05) is 0 Å². The molecular formula is C13H19BrN2O3S2. The maximum atomic E-state index is 12.6. The van der Waals surface area contributed by atoms with Crippen LogP contribution in [-0.2, 0) is 10.0 Å². The molecule has 0 spiro atoms. The van der Waals surface area contributed by atoms with E-state index >= 15 is 0 Å². The van der Waals surface area contributed by atoms with Crippen LogP contribution in [0.15, 0.2) is 21.5 Å². The number of nitrogens with two attached hydrogens (primary N) is 1. The van der Waals surface area contributed by atoms with Crippen LogP contribution in [0.2, 0.25) is 0 Å². The molecule has 0 aliphatic heterocycles. The van der Waals surface area contributed by atoms with Crippen molar-refractivity contribution >= 4 is 43.4 Å². The van der Waals surface area contributed by atoms with Gasteiger partial charge in [-0.05, 0) is 53.6 Å². The van der Waals surface area contributed by atoms with Crippen LogP contribution in [0.25, 0.3) is 0 Å². The van der Waals surface area contributed by atoms with Gasteiger partial charge >= 0.3 is 0 Å². The predicted octanol–water partition coefficient (Wildman–Crippen LogP) is 2.60. The molecule has 1 aliphatic carbocycles. The first-order valence-corrected chi connectivity index (χ1v) is 10.1. The van der Waals surface area contributed by atoms with Crippen LogP contribution in [0.1, 0.15) is 19.3 Å². The van der Waals surface area contributed by atoms with E-state index in [1.54, 1.807) is 17.8 Å². The van der Waals surface area contributed by atoms with Gasteiger partial charge < -0.3 is 10.5 Å². The van der Waals surface area contributed by atoms with Gasteiger partial charge in [0.2, 0.25) is 10.0 Å². The highest BCUT2D eigenvalue weighted by atomic mass is 79.9. The molecule has 1 aliphatic rings. The number of ether oxygens (including phenoxy) is 1. The Hall–Kier alpha value is -0.440. The van der Waals surface area contributed by atoms with Crippen molar-refractivity contribution in [3.8, 4) is 5.75 Å². The number of anilines is 1. The quantitative estimate of drug-likeness (QED) is 0.749. The average molecular weight is 395 g/mol. The van der Waals surface area contributed by atoms with E-state index in [9.17, 15) is 8.42 Å². The number of methoxy groups -OCH3 is 1. The maximum absolute atomic E-state index is 12.6. The first-order chi connectivity index (χ1) is 9.87. The fourth-order valence-electron chi connectivity index (χ4n) is 2.46. The minimum atomic E-state index is -3.64. The smallest absolute Gasteiger partial charge is 0.244 e. The zero-order valence-corrected chi connectivity index (χ0v) is 15.1. The number of halogens is 1. The summed E-state index contributed by atoms with van der Waals surface area (Å²) in [5, 5.41) is 0.523. The number of hydrogen-bond acceptors (Lipinski definition) is 5. The molecule has 118 valence electrons. The summed E-state index contributed by atoms with van der Waals surface area (Å²) in [6.07, 6.45) is 4.81. The van der Waals surface area contributed by atoms with Gasteiger partial charge in [0.25, 0.3) is 0 Å². The van der Waals surface area contributed by atoms with Crippen molar-refractivity contribution in [2.45, 2.75) is 35.4 Å². The predicted molar refractivity (Wildman–Crippen MR) is 90.4 cm³/mol. The fourth-order valence-corrected chi connectivity index (χ4v) is 5.05.